The van der Waals surface area contributed by atoms with E-state index in [4.69, 9.17) is 4.74 Å². The Morgan fingerprint density at radius 2 is 2.24 bits per heavy atom. The topological polar surface area (TPSA) is 108 Å². The lowest BCUT2D eigenvalue weighted by molar-refractivity contribution is -0.122. The molecular formula is C17H21N5O3. The van der Waals surface area contributed by atoms with Crippen LogP contribution in [0.1, 0.15) is 28.7 Å². The van der Waals surface area contributed by atoms with Crippen molar-refractivity contribution in [2.24, 2.45) is 0 Å². The fraction of sp³-hybridized carbons (Fsp3) is 0.353. The highest BCUT2D eigenvalue weighted by Crippen LogP contribution is 2.20. The van der Waals surface area contributed by atoms with Gasteiger partial charge in [0.2, 0.25) is 0 Å². The molecule has 1 aromatic carbocycles. The molecule has 8 nitrogen and oxygen atoms in total. The Bertz CT molecular complexity index is 771. The number of anilines is 1. The van der Waals surface area contributed by atoms with Crippen LogP contribution in [0.3, 0.4) is 0 Å². The van der Waals surface area contributed by atoms with Crippen LogP contribution < -0.4 is 20.7 Å². The number of hydrogen-bond acceptors (Lipinski definition) is 5. The average Bonchev–Trinajstić information content (AvgIpc) is 3.05. The Kier molecular flexibility index (Phi) is 5.30. The monoisotopic (exact) mass is 343 g/mol. The maximum atomic E-state index is 12.5. The maximum Gasteiger partial charge on any atom is 0.276 e. The molecule has 4 N–H and O–H groups in total. The van der Waals surface area contributed by atoms with Crippen LogP contribution in [0.4, 0.5) is 5.69 Å². The summed E-state index contributed by atoms with van der Waals surface area (Å²) >= 11 is 0. The van der Waals surface area contributed by atoms with E-state index in [2.05, 4.69) is 26.1 Å². The highest BCUT2D eigenvalue weighted by molar-refractivity contribution is 6.04. The Balaban J connectivity index is 1.64. The van der Waals surface area contributed by atoms with Crippen molar-refractivity contribution < 1.29 is 14.3 Å². The molecule has 0 spiro atoms. The van der Waals surface area contributed by atoms with E-state index in [1.165, 1.54) is 0 Å². The van der Waals surface area contributed by atoms with E-state index in [1.54, 1.807) is 24.3 Å². The average molecular weight is 343 g/mol. The Morgan fingerprint density at radius 1 is 1.36 bits per heavy atom. The molecular weight excluding hydrogens is 322 g/mol. The van der Waals surface area contributed by atoms with Gasteiger partial charge in [0.25, 0.3) is 11.8 Å². The zero-order valence-corrected chi connectivity index (χ0v) is 14.0. The number of fused-ring (bicyclic) bond motifs is 1. The standard InChI is InChI=1S/C17H21N5O3/c1-2-19-15(23)10-25-12-5-3-4-11(8-12)20-17(24)16-13-9-18-7-6-14(13)21-22-16/h3-5,8,18H,2,6-7,9-10H2,1H3,(H,19,23)(H,20,24)(H,21,22). The van der Waals surface area contributed by atoms with Crippen LogP contribution in [0.15, 0.2) is 24.3 Å². The summed E-state index contributed by atoms with van der Waals surface area (Å²) in [6.07, 6.45) is 0.832. The summed E-state index contributed by atoms with van der Waals surface area (Å²) in [5.41, 5.74) is 2.89. The van der Waals surface area contributed by atoms with E-state index >= 15 is 0 Å². The number of hydrogen-bond donors (Lipinski definition) is 4. The molecule has 1 aliphatic heterocycles. The first-order valence-electron chi connectivity index (χ1n) is 8.25. The molecule has 25 heavy (non-hydrogen) atoms. The Hall–Kier alpha value is -2.87. The van der Waals surface area contributed by atoms with Gasteiger partial charge in [0.1, 0.15) is 5.75 Å². The van der Waals surface area contributed by atoms with Gasteiger partial charge in [-0.15, -0.1) is 0 Å². The number of likely N-dealkylation sites (N-methyl/N-ethyl adjacent to an activating group) is 1. The summed E-state index contributed by atoms with van der Waals surface area (Å²) in [5, 5.41) is 15.8. The fourth-order valence-electron chi connectivity index (χ4n) is 2.66. The molecule has 0 atom stereocenters. The molecule has 8 heteroatoms. The highest BCUT2D eigenvalue weighted by Gasteiger charge is 2.21. The molecule has 0 saturated heterocycles. The van der Waals surface area contributed by atoms with Crippen molar-refractivity contribution in [2.45, 2.75) is 19.9 Å². The third-order valence-electron chi connectivity index (χ3n) is 3.86. The second kappa shape index (κ2) is 7.80. The third-order valence-corrected chi connectivity index (χ3v) is 3.86. The van der Waals surface area contributed by atoms with Crippen LogP contribution in [0.5, 0.6) is 5.75 Å². The van der Waals surface area contributed by atoms with Crippen LogP contribution in [0, 0.1) is 0 Å². The largest absolute Gasteiger partial charge is 0.484 e. The fourth-order valence-corrected chi connectivity index (χ4v) is 2.66. The van der Waals surface area contributed by atoms with Gasteiger partial charge in [0.15, 0.2) is 12.3 Å². The van der Waals surface area contributed by atoms with Crippen molar-refractivity contribution >= 4 is 17.5 Å². The number of carbonyl (C=O) groups excluding carboxylic acids is 2. The van der Waals surface area contributed by atoms with E-state index in [9.17, 15) is 9.59 Å². The number of aromatic nitrogens is 2. The summed E-state index contributed by atoms with van der Waals surface area (Å²) in [6, 6.07) is 6.92. The van der Waals surface area contributed by atoms with Crippen LogP contribution >= 0.6 is 0 Å². The number of H-pyrrole nitrogens is 1. The molecule has 0 fully saturated rings. The minimum atomic E-state index is -0.276. The van der Waals surface area contributed by atoms with E-state index in [-0.39, 0.29) is 18.4 Å². The predicted octanol–water partition coefficient (Wildman–Crippen LogP) is 0.823. The van der Waals surface area contributed by atoms with Crippen LogP contribution in [0.2, 0.25) is 0 Å². The molecule has 0 aliphatic carbocycles. The van der Waals surface area contributed by atoms with E-state index < -0.39 is 0 Å². The van der Waals surface area contributed by atoms with Crippen molar-refractivity contribution in [3.05, 3.63) is 41.2 Å². The number of ether oxygens (including phenoxy) is 1. The second-order valence-electron chi connectivity index (χ2n) is 5.68. The number of aromatic amines is 1. The lowest BCUT2D eigenvalue weighted by Gasteiger charge is -2.13. The van der Waals surface area contributed by atoms with Crippen molar-refractivity contribution in [3.63, 3.8) is 0 Å². The van der Waals surface area contributed by atoms with Gasteiger partial charge in [0.05, 0.1) is 0 Å². The summed E-state index contributed by atoms with van der Waals surface area (Å²) < 4.78 is 5.43. The zero-order valence-electron chi connectivity index (χ0n) is 14.0. The van der Waals surface area contributed by atoms with Crippen molar-refractivity contribution in [1.82, 2.24) is 20.8 Å². The van der Waals surface area contributed by atoms with Gasteiger partial charge in [-0.1, -0.05) is 6.07 Å². The van der Waals surface area contributed by atoms with Crippen molar-refractivity contribution in [1.29, 1.82) is 0 Å². The van der Waals surface area contributed by atoms with Gasteiger partial charge in [0, 0.05) is 49.1 Å². The second-order valence-corrected chi connectivity index (χ2v) is 5.68. The van der Waals surface area contributed by atoms with E-state index in [0.717, 1.165) is 24.2 Å². The predicted molar refractivity (Wildman–Crippen MR) is 92.6 cm³/mol. The molecule has 1 aliphatic rings. The normalized spacial score (nSPS) is 13.0. The van der Waals surface area contributed by atoms with Gasteiger partial charge < -0.3 is 20.7 Å². The zero-order chi connectivity index (χ0) is 17.6. The molecule has 0 radical (unpaired) electrons. The molecule has 132 valence electrons. The summed E-state index contributed by atoms with van der Waals surface area (Å²) in [7, 11) is 0. The molecule has 3 rings (SSSR count). The first kappa shape index (κ1) is 17.0. The molecule has 0 unspecified atom stereocenters. The lowest BCUT2D eigenvalue weighted by Crippen LogP contribution is -2.28. The number of rotatable bonds is 6. The molecule has 1 aromatic heterocycles. The van der Waals surface area contributed by atoms with E-state index in [1.807, 2.05) is 6.92 Å². The summed E-state index contributed by atoms with van der Waals surface area (Å²) in [5.74, 6) is 0.0458. The molecule has 0 saturated carbocycles. The summed E-state index contributed by atoms with van der Waals surface area (Å²) in [4.78, 5) is 23.9. The van der Waals surface area contributed by atoms with Gasteiger partial charge in [-0.2, -0.15) is 5.10 Å². The first-order chi connectivity index (χ1) is 12.2. The Morgan fingerprint density at radius 3 is 3.08 bits per heavy atom. The third kappa shape index (κ3) is 4.16. The van der Waals surface area contributed by atoms with Crippen LogP contribution in [-0.4, -0.2) is 41.7 Å². The van der Waals surface area contributed by atoms with Gasteiger partial charge in [-0.3, -0.25) is 14.7 Å². The van der Waals surface area contributed by atoms with Gasteiger partial charge in [-0.25, -0.2) is 0 Å². The number of carbonyl (C=O) groups is 2. The van der Waals surface area contributed by atoms with Crippen molar-refractivity contribution in [3.8, 4) is 5.75 Å². The van der Waals surface area contributed by atoms with E-state index in [0.29, 0.717) is 30.2 Å². The van der Waals surface area contributed by atoms with Crippen LogP contribution in [-0.2, 0) is 17.8 Å². The molecule has 2 aromatic rings. The molecule has 2 heterocycles. The van der Waals surface area contributed by atoms with Crippen LogP contribution in [0.25, 0.3) is 0 Å². The minimum absolute atomic E-state index is 0.0657. The lowest BCUT2D eigenvalue weighted by atomic mass is 10.1. The maximum absolute atomic E-state index is 12.5. The molecule has 2 amide bonds. The quantitative estimate of drug-likeness (QED) is 0.621. The minimum Gasteiger partial charge on any atom is -0.484 e. The smallest absolute Gasteiger partial charge is 0.276 e. The molecule has 0 bridgehead atoms. The van der Waals surface area contributed by atoms with Gasteiger partial charge >= 0.3 is 0 Å². The number of nitrogens with zero attached hydrogens (tertiary/aromatic N) is 1. The van der Waals surface area contributed by atoms with Crippen molar-refractivity contribution in [2.75, 3.05) is 25.0 Å². The number of benzene rings is 1. The first-order valence-corrected chi connectivity index (χ1v) is 8.25. The number of nitrogens with one attached hydrogen (secondary N) is 4. The van der Waals surface area contributed by atoms with Gasteiger partial charge in [-0.05, 0) is 19.1 Å². The highest BCUT2D eigenvalue weighted by atomic mass is 16.5. The summed E-state index contributed by atoms with van der Waals surface area (Å²) in [6.45, 7) is 3.84. The number of amides is 2. The Labute approximate surface area is 145 Å². The SMILES string of the molecule is CCNC(=O)COc1cccc(NC(=O)c2n[nH]c3c2CNCC3)c1.